The van der Waals surface area contributed by atoms with Gasteiger partial charge in [-0.1, -0.05) is 60.9 Å². The van der Waals surface area contributed by atoms with Crippen LogP contribution >= 0.6 is 0 Å². The van der Waals surface area contributed by atoms with Crippen LogP contribution in [0.3, 0.4) is 0 Å². The molecule has 3 rings (SSSR count). The predicted octanol–water partition coefficient (Wildman–Crippen LogP) is 3.63. The molecule has 33 heavy (non-hydrogen) atoms. The number of hydrogen-bond donors (Lipinski definition) is 2. The molecule has 2 N–H and O–H groups in total. The van der Waals surface area contributed by atoms with Crippen LogP contribution in [0, 0.1) is 12.3 Å². The fourth-order valence-electron chi connectivity index (χ4n) is 4.08. The number of fused-ring (bicyclic) bond motifs is 3. The van der Waals surface area contributed by atoms with Gasteiger partial charge in [-0.25, -0.2) is 4.79 Å². The highest BCUT2D eigenvalue weighted by atomic mass is 16.5. The van der Waals surface area contributed by atoms with Crippen molar-refractivity contribution >= 4 is 18.0 Å². The summed E-state index contributed by atoms with van der Waals surface area (Å²) in [5, 5.41) is 11.6. The van der Waals surface area contributed by atoms with Crippen molar-refractivity contribution in [1.82, 2.24) is 10.2 Å². The molecule has 0 atom stereocenters. The minimum absolute atomic E-state index is 0.0194. The van der Waals surface area contributed by atoms with Gasteiger partial charge in [0.2, 0.25) is 5.91 Å². The number of rotatable bonds is 11. The lowest BCUT2D eigenvalue weighted by molar-refractivity contribution is -0.144. The standard InChI is InChI=1S/C26H28N2O5/c1-2-16-28(17-25(30)31)24(29)14-4-3-9-15-27-26(32)33-18-23-21-12-7-5-10-19(21)20-11-6-8-13-22(20)23/h1,5-8,10-13,23H,3-4,9,14-18H2,(H,27,32)(H,30,31). The highest BCUT2D eigenvalue weighted by Crippen LogP contribution is 2.44. The van der Waals surface area contributed by atoms with E-state index in [4.69, 9.17) is 16.3 Å². The molecule has 0 aliphatic heterocycles. The first kappa shape index (κ1) is 23.9. The Morgan fingerprint density at radius 1 is 1.00 bits per heavy atom. The Bertz CT molecular complexity index is 997. The van der Waals surface area contributed by atoms with E-state index in [0.717, 1.165) is 16.0 Å². The van der Waals surface area contributed by atoms with E-state index < -0.39 is 18.6 Å². The maximum absolute atomic E-state index is 12.2. The molecular weight excluding hydrogens is 420 g/mol. The normalized spacial score (nSPS) is 11.7. The van der Waals surface area contributed by atoms with Crippen LogP contribution < -0.4 is 5.32 Å². The smallest absolute Gasteiger partial charge is 0.407 e. The molecule has 0 saturated heterocycles. The van der Waals surface area contributed by atoms with Gasteiger partial charge in [0.25, 0.3) is 0 Å². The van der Waals surface area contributed by atoms with E-state index >= 15 is 0 Å². The molecule has 0 fully saturated rings. The molecule has 0 spiro atoms. The van der Waals surface area contributed by atoms with Gasteiger partial charge < -0.3 is 20.1 Å². The summed E-state index contributed by atoms with van der Waals surface area (Å²) in [6.45, 7) is 0.290. The number of nitrogens with zero attached hydrogens (tertiary/aromatic N) is 1. The number of alkyl carbamates (subject to hydrolysis) is 1. The molecule has 0 saturated carbocycles. The average molecular weight is 449 g/mol. The topological polar surface area (TPSA) is 95.9 Å². The molecule has 0 bridgehead atoms. The Hall–Kier alpha value is -3.79. The number of terminal acetylenes is 1. The van der Waals surface area contributed by atoms with Gasteiger partial charge in [-0.2, -0.15) is 0 Å². The zero-order valence-corrected chi connectivity index (χ0v) is 18.5. The number of carboxylic acid groups (broad SMARTS) is 1. The molecular formula is C26H28N2O5. The van der Waals surface area contributed by atoms with Gasteiger partial charge in [0.15, 0.2) is 0 Å². The van der Waals surface area contributed by atoms with Gasteiger partial charge in [-0.3, -0.25) is 9.59 Å². The number of ether oxygens (including phenoxy) is 1. The lowest BCUT2D eigenvalue weighted by atomic mass is 9.98. The largest absolute Gasteiger partial charge is 0.480 e. The number of carbonyl (C=O) groups excluding carboxylic acids is 2. The summed E-state index contributed by atoms with van der Waals surface area (Å²) < 4.78 is 5.49. The van der Waals surface area contributed by atoms with Gasteiger partial charge in [0.05, 0.1) is 6.54 Å². The highest BCUT2D eigenvalue weighted by Gasteiger charge is 2.28. The second kappa shape index (κ2) is 11.7. The van der Waals surface area contributed by atoms with Gasteiger partial charge in [0, 0.05) is 18.9 Å². The first-order chi connectivity index (χ1) is 16.0. The molecule has 172 valence electrons. The van der Waals surface area contributed by atoms with Crippen LogP contribution in [-0.2, 0) is 14.3 Å². The highest BCUT2D eigenvalue weighted by molar-refractivity contribution is 5.81. The summed E-state index contributed by atoms with van der Waals surface area (Å²) in [6, 6.07) is 16.3. The van der Waals surface area contributed by atoms with Crippen molar-refractivity contribution in [2.75, 3.05) is 26.2 Å². The van der Waals surface area contributed by atoms with Crippen LogP contribution in [0.5, 0.6) is 0 Å². The van der Waals surface area contributed by atoms with Crippen molar-refractivity contribution in [3.8, 4) is 23.5 Å². The van der Waals surface area contributed by atoms with Crippen molar-refractivity contribution in [3.05, 3.63) is 59.7 Å². The maximum atomic E-state index is 12.2. The van der Waals surface area contributed by atoms with Crippen LogP contribution in [-0.4, -0.2) is 54.2 Å². The van der Waals surface area contributed by atoms with Crippen LogP contribution in [0.4, 0.5) is 4.79 Å². The third kappa shape index (κ3) is 6.36. The lowest BCUT2D eigenvalue weighted by Crippen LogP contribution is -2.35. The number of carbonyl (C=O) groups is 3. The Balaban J connectivity index is 1.36. The number of aliphatic carboxylic acids is 1. The number of amides is 2. The van der Waals surface area contributed by atoms with Crippen molar-refractivity contribution < 1.29 is 24.2 Å². The molecule has 7 nitrogen and oxygen atoms in total. The van der Waals surface area contributed by atoms with Crippen LogP contribution in [0.25, 0.3) is 11.1 Å². The maximum Gasteiger partial charge on any atom is 0.407 e. The fraction of sp³-hybridized carbons (Fsp3) is 0.346. The monoisotopic (exact) mass is 448 g/mol. The van der Waals surface area contributed by atoms with Crippen LogP contribution in [0.1, 0.15) is 42.7 Å². The minimum Gasteiger partial charge on any atom is -0.480 e. The van der Waals surface area contributed by atoms with E-state index in [9.17, 15) is 14.4 Å². The minimum atomic E-state index is -1.09. The molecule has 1 aliphatic carbocycles. The molecule has 7 heteroatoms. The second-order valence-corrected chi connectivity index (χ2v) is 7.91. The van der Waals surface area contributed by atoms with Crippen LogP contribution in [0.2, 0.25) is 0 Å². The Morgan fingerprint density at radius 2 is 1.64 bits per heavy atom. The summed E-state index contributed by atoms with van der Waals surface area (Å²) in [5.41, 5.74) is 4.69. The zero-order valence-electron chi connectivity index (χ0n) is 18.5. The van der Waals surface area contributed by atoms with E-state index in [1.807, 2.05) is 24.3 Å². The van der Waals surface area contributed by atoms with Gasteiger partial charge in [-0.05, 0) is 35.1 Å². The first-order valence-corrected chi connectivity index (χ1v) is 11.0. The third-order valence-electron chi connectivity index (χ3n) is 5.64. The summed E-state index contributed by atoms with van der Waals surface area (Å²) in [7, 11) is 0. The van der Waals surface area contributed by atoms with Gasteiger partial charge >= 0.3 is 12.1 Å². The molecule has 0 unspecified atom stereocenters. The van der Waals surface area contributed by atoms with Crippen LogP contribution in [0.15, 0.2) is 48.5 Å². The number of carboxylic acids is 1. The Labute approximate surface area is 193 Å². The van der Waals surface area contributed by atoms with Gasteiger partial charge in [-0.15, -0.1) is 6.42 Å². The molecule has 0 radical (unpaired) electrons. The fourth-order valence-corrected chi connectivity index (χ4v) is 4.08. The summed E-state index contributed by atoms with van der Waals surface area (Å²) in [5.74, 6) is 0.950. The molecule has 2 aromatic rings. The number of benzene rings is 2. The Kier molecular flexibility index (Phi) is 8.48. The molecule has 2 aromatic carbocycles. The van der Waals surface area contributed by atoms with E-state index in [2.05, 4.69) is 35.5 Å². The van der Waals surface area contributed by atoms with Crippen molar-refractivity contribution in [3.63, 3.8) is 0 Å². The Morgan fingerprint density at radius 3 is 2.24 bits per heavy atom. The van der Waals surface area contributed by atoms with Crippen molar-refractivity contribution in [2.45, 2.75) is 31.6 Å². The summed E-state index contributed by atoms with van der Waals surface area (Å²) in [6.07, 6.45) is 6.94. The number of hydrogen-bond acceptors (Lipinski definition) is 4. The first-order valence-electron chi connectivity index (χ1n) is 11.0. The van der Waals surface area contributed by atoms with Crippen molar-refractivity contribution in [1.29, 1.82) is 0 Å². The zero-order chi connectivity index (χ0) is 23.6. The predicted molar refractivity (Wildman–Crippen MR) is 125 cm³/mol. The molecule has 0 heterocycles. The average Bonchev–Trinajstić information content (AvgIpc) is 3.13. The SMILES string of the molecule is C#CCN(CC(=O)O)C(=O)CCCCCNC(=O)OCC1c2ccccc2-c2ccccc21. The summed E-state index contributed by atoms with van der Waals surface area (Å²) in [4.78, 5) is 36.2. The summed E-state index contributed by atoms with van der Waals surface area (Å²) >= 11 is 0. The third-order valence-corrected chi connectivity index (χ3v) is 5.64. The lowest BCUT2D eigenvalue weighted by Gasteiger charge is -2.17. The number of nitrogens with one attached hydrogen (secondary N) is 1. The van der Waals surface area contributed by atoms with E-state index in [0.29, 0.717) is 25.8 Å². The molecule has 0 aromatic heterocycles. The number of unbranched alkanes of at least 4 members (excludes halogenated alkanes) is 2. The van der Waals surface area contributed by atoms with Gasteiger partial charge in [0.1, 0.15) is 13.2 Å². The molecule has 2 amide bonds. The van der Waals surface area contributed by atoms with E-state index in [1.54, 1.807) is 0 Å². The van der Waals surface area contributed by atoms with E-state index in [-0.39, 0.29) is 31.4 Å². The second-order valence-electron chi connectivity index (χ2n) is 7.91. The van der Waals surface area contributed by atoms with E-state index in [1.165, 1.54) is 11.1 Å². The quantitative estimate of drug-likeness (QED) is 0.404. The molecule has 1 aliphatic rings. The van der Waals surface area contributed by atoms with Crippen molar-refractivity contribution in [2.24, 2.45) is 0 Å².